The van der Waals surface area contributed by atoms with E-state index >= 15 is 0 Å². The second-order valence-electron chi connectivity index (χ2n) is 26.8. The van der Waals surface area contributed by atoms with Gasteiger partial charge in [0, 0.05) is 17.9 Å². The molecule has 0 fully saturated rings. The van der Waals surface area contributed by atoms with Crippen LogP contribution in [-0.2, 0) is 43.7 Å². The predicted molar refractivity (Wildman–Crippen MR) is 454 cm³/mol. The molecule has 20 heteroatoms. The minimum atomic E-state index is -1.11. The van der Waals surface area contributed by atoms with Crippen LogP contribution in [0.1, 0.15) is 308 Å². The fourth-order valence-electron chi connectivity index (χ4n) is 10.8. The zero-order valence-corrected chi connectivity index (χ0v) is 70.0. The van der Waals surface area contributed by atoms with Gasteiger partial charge >= 0.3 is 23.9 Å². The van der Waals surface area contributed by atoms with E-state index in [1.54, 1.807) is 18.2 Å². The van der Waals surface area contributed by atoms with Crippen LogP contribution < -0.4 is 38.9 Å². The molecule has 3 N–H and O–H groups in total. The van der Waals surface area contributed by atoms with Crippen molar-refractivity contribution >= 4 is 35.1 Å². The maximum absolute atomic E-state index is 13.5. The van der Waals surface area contributed by atoms with E-state index in [4.69, 9.17) is 64.9 Å². The minimum absolute atomic E-state index is 0.178. The van der Waals surface area contributed by atoms with E-state index in [1.807, 2.05) is 114 Å². The first-order valence-corrected chi connectivity index (χ1v) is 41.8. The van der Waals surface area contributed by atoms with Gasteiger partial charge in [-0.05, 0) is 120 Å². The lowest BCUT2D eigenvalue weighted by Crippen LogP contribution is -2.17. The van der Waals surface area contributed by atoms with E-state index < -0.39 is 29.6 Å². The number of benzene rings is 5. The summed E-state index contributed by atoms with van der Waals surface area (Å²) in [7, 11) is 0. The number of carboxylic acid groups (broad SMARTS) is 2. The van der Waals surface area contributed by atoms with Crippen molar-refractivity contribution in [2.75, 3.05) is 46.2 Å². The Morgan fingerprint density at radius 1 is 0.469 bits per heavy atom. The quantitative estimate of drug-likeness (QED) is 0.00620. The molecule has 0 heterocycles. The summed E-state index contributed by atoms with van der Waals surface area (Å²) in [6.07, 6.45) is 46.9. The molecule has 5 rings (SSSR count). The van der Waals surface area contributed by atoms with Crippen LogP contribution in [0.4, 0.5) is 0 Å². The highest BCUT2D eigenvalue weighted by Gasteiger charge is 2.21. The van der Waals surface area contributed by atoms with Crippen molar-refractivity contribution in [1.29, 1.82) is 8.12 Å². The van der Waals surface area contributed by atoms with Gasteiger partial charge in [0.2, 0.25) is 5.75 Å². The number of hydrogen-bond acceptors (Lipinski definition) is 17. The van der Waals surface area contributed by atoms with Crippen molar-refractivity contribution in [2.24, 2.45) is 5.11 Å². The summed E-state index contributed by atoms with van der Waals surface area (Å²) in [5, 5.41) is 27.5. The highest BCUT2D eigenvalue weighted by Crippen LogP contribution is 2.41. The number of nitrogens with zero attached hydrogens (tertiary/aromatic N) is 5. The Hall–Kier alpha value is -9.67. The average molecular weight is 1570 g/mol. The Morgan fingerprint density at radius 3 is 1.12 bits per heavy atom. The van der Waals surface area contributed by atoms with E-state index in [9.17, 15) is 19.2 Å². The van der Waals surface area contributed by atoms with Crippen LogP contribution in [0.25, 0.3) is 29.4 Å². The molecule has 20 nitrogen and oxygen atoms in total. The molecule has 113 heavy (non-hydrogen) atoms. The summed E-state index contributed by atoms with van der Waals surface area (Å²) in [6, 6.07) is 34.4. The van der Waals surface area contributed by atoms with Crippen LogP contribution in [0.15, 0.2) is 114 Å². The van der Waals surface area contributed by atoms with Crippen LogP contribution in [-0.4, -0.2) is 85.4 Å². The van der Waals surface area contributed by atoms with Crippen molar-refractivity contribution in [3.8, 4) is 52.9 Å². The Morgan fingerprint density at radius 2 is 0.805 bits per heavy atom. The van der Waals surface area contributed by atoms with Crippen molar-refractivity contribution in [2.45, 2.75) is 300 Å². The number of aliphatic hydroxyl groups is 1. The second kappa shape index (κ2) is 73.8. The Bertz CT molecular complexity index is 3440. The molecular weight excluding hydrogens is 1430 g/mol. The SMILES string of the molecule is C#CCC.CC.CCCCCCCCCCCCOc1ccc(COc2cc(C(=O)OCCC)cc(OCc3ccc(OCCCCCCCCCCCC)cc3)c2OCc2ccc(OCCCCCCCCCCCC)cc2)cc1.CCCO.CCCOC(=O)CN=[N+]=[N-].[2H]OC(=O)C(C#N)=c1ccc(=C([N+]#[C-])C(=O)O[2H])cc1. The Kier molecular flexibility index (Phi) is 64.9. The molecule has 0 aromatic heterocycles. The number of azide groups is 1. The first kappa shape index (κ1) is 99.4. The maximum Gasteiger partial charge on any atom is 0.347 e. The van der Waals surface area contributed by atoms with Crippen molar-refractivity contribution in [1.82, 2.24) is 0 Å². The average Bonchev–Trinajstić information content (AvgIpc) is 0.802. The van der Waals surface area contributed by atoms with Gasteiger partial charge in [0.1, 0.15) is 55.3 Å². The minimum Gasteiger partial charge on any atom is -0.494 e. The normalized spacial score (nSPS) is 10.2. The molecule has 0 aliphatic rings. The zero-order valence-electron chi connectivity index (χ0n) is 72.0. The smallest absolute Gasteiger partial charge is 0.347 e. The third kappa shape index (κ3) is 53.8. The lowest BCUT2D eigenvalue weighted by Gasteiger charge is -2.19. The van der Waals surface area contributed by atoms with E-state index in [0.29, 0.717) is 68.9 Å². The maximum atomic E-state index is 13.5. The number of terminal acetylenes is 1. The molecule has 0 unspecified atom stereocenters. The van der Waals surface area contributed by atoms with E-state index in [1.165, 1.54) is 198 Å². The molecule has 0 spiro atoms. The monoisotopic (exact) mass is 1570 g/mol. The molecule has 0 atom stereocenters. The van der Waals surface area contributed by atoms with Crippen LogP contribution in [0.3, 0.4) is 0 Å². The van der Waals surface area contributed by atoms with Crippen LogP contribution >= 0.6 is 0 Å². The molecular formula is C93H137N5O15. The number of hydrogen-bond donors (Lipinski definition) is 3. The fourth-order valence-corrected chi connectivity index (χ4v) is 10.8. The number of unbranched alkanes of at least 4 members (excludes halogenated alkanes) is 27. The number of rotatable bonds is 55. The van der Waals surface area contributed by atoms with Gasteiger partial charge in [-0.25, -0.2) is 14.4 Å². The molecule has 0 bridgehead atoms. The number of nitriles is 1. The van der Waals surface area contributed by atoms with Crippen LogP contribution in [0, 0.1) is 30.2 Å². The van der Waals surface area contributed by atoms with Crippen molar-refractivity contribution in [3.63, 3.8) is 0 Å². The number of aliphatic hydroxyl groups excluding tert-OH is 1. The largest absolute Gasteiger partial charge is 0.494 e. The van der Waals surface area contributed by atoms with Crippen LogP contribution in [0.5, 0.6) is 34.5 Å². The molecule has 0 radical (unpaired) electrons. The highest BCUT2D eigenvalue weighted by molar-refractivity contribution is 6.14. The number of carbonyl (C=O) groups excluding carboxylic acids is 2. The molecule has 0 saturated carbocycles. The van der Waals surface area contributed by atoms with Gasteiger partial charge in [-0.15, -0.1) is 12.3 Å². The standard InChI is InChI=1S/C67H102O8.C12H6N2O4.C5H9N3O2.C4H6.C3H8O.C2H6/c1-5-9-12-15-18-21-24-27-30-33-49-69-61-42-36-57(37-43-61)54-73-64-52-60(67(68)72-48-8-4)53-65(74-55-58-38-44-62(45-39-58)70-50-34-31-28-25-22-19-16-13-10-6-2)66(64)75-56-59-40-46-63(47-41-59)71-51-35-32-29-26-23-20-17-14-11-7-3;1-14-10(12(17)18)8-4-2-7(3-5-8)9(6-13)11(15)16;1-2-3-10-5(9)4-7-8-6;1-3-4-2;1-2-3-4;1-2/h36-47,52-53H,5-35,48-51,54-56H2,1-4H3;2-5H,(H,15,16)(H,17,18);2-4H2,1H3;1H,4H2,2H3;4H,2-3H2,1H3;1-2H3/i/hD2. The summed E-state index contributed by atoms with van der Waals surface area (Å²) < 4.78 is 61.2. The Labute approximate surface area is 680 Å². The number of ether oxygens (including phenoxy) is 8. The van der Waals surface area contributed by atoms with E-state index in [2.05, 4.69) is 56.5 Å². The van der Waals surface area contributed by atoms with E-state index in [-0.39, 0.29) is 42.4 Å². The summed E-state index contributed by atoms with van der Waals surface area (Å²) in [6.45, 7) is 29.1. The summed E-state index contributed by atoms with van der Waals surface area (Å²) in [4.78, 5) is 51.6. The molecule has 0 amide bonds. The van der Waals surface area contributed by atoms with Crippen LogP contribution in [0.2, 0.25) is 0 Å². The second-order valence-corrected chi connectivity index (χ2v) is 26.8. The summed E-state index contributed by atoms with van der Waals surface area (Å²) >= 11 is 0. The van der Waals surface area contributed by atoms with Gasteiger partial charge in [0.05, 0.1) is 45.2 Å². The first-order chi connectivity index (χ1) is 56.2. The topological polar surface area (TPSA) is 280 Å². The molecule has 5 aromatic rings. The number of esters is 2. The lowest BCUT2D eigenvalue weighted by atomic mass is 10.1. The van der Waals surface area contributed by atoms with Gasteiger partial charge in [-0.3, -0.25) is 9.59 Å². The van der Waals surface area contributed by atoms with Gasteiger partial charge in [0.15, 0.2) is 11.5 Å². The fraction of sp³-hybridized carbons (Fsp3) is 0.570. The lowest BCUT2D eigenvalue weighted by molar-refractivity contribution is -0.142. The predicted octanol–water partition coefficient (Wildman–Crippen LogP) is 23.1. The van der Waals surface area contributed by atoms with Gasteiger partial charge in [-0.1, -0.05) is 301 Å². The third-order valence-corrected chi connectivity index (χ3v) is 17.2. The Balaban J connectivity index is 0.00000263. The highest BCUT2D eigenvalue weighted by atomic mass is 16.6. The summed E-state index contributed by atoms with van der Waals surface area (Å²) in [5.74, 6) is 3.04. The van der Waals surface area contributed by atoms with Gasteiger partial charge in [-0.2, -0.15) is 5.26 Å². The number of aliphatic carboxylic acids is 2. The van der Waals surface area contributed by atoms with E-state index in [0.717, 1.165) is 72.5 Å². The molecule has 0 aliphatic carbocycles. The molecule has 0 saturated heterocycles. The molecule has 0 aliphatic heterocycles. The molecule has 624 valence electrons. The first-order valence-electron chi connectivity index (χ1n) is 42.6. The molecule has 5 aromatic carbocycles. The summed E-state index contributed by atoms with van der Waals surface area (Å²) in [5.41, 5.74) is 10.2. The van der Waals surface area contributed by atoms with Crippen molar-refractivity contribution < 1.29 is 72.4 Å². The third-order valence-electron chi connectivity index (χ3n) is 17.2. The van der Waals surface area contributed by atoms with Gasteiger partial charge in [0.25, 0.3) is 8.56 Å². The van der Waals surface area contributed by atoms with Crippen molar-refractivity contribution in [3.05, 3.63) is 164 Å². The number of carbonyl (C=O) groups is 4. The zero-order chi connectivity index (χ0) is 84.8. The number of carboxylic acids is 2. The van der Waals surface area contributed by atoms with Gasteiger partial charge < -0.3 is 53.2 Å².